The Morgan fingerprint density at radius 3 is 3.05 bits per heavy atom. The molecule has 1 aliphatic rings. The highest BCUT2D eigenvalue weighted by Gasteiger charge is 2.24. The van der Waals surface area contributed by atoms with Gasteiger partial charge in [0.15, 0.2) is 0 Å². The minimum Gasteiger partial charge on any atom is -0.353 e. The van der Waals surface area contributed by atoms with Crippen LogP contribution in [0.1, 0.15) is 10.5 Å². The summed E-state index contributed by atoms with van der Waals surface area (Å²) < 4.78 is 0. The van der Waals surface area contributed by atoms with Gasteiger partial charge in [-0.2, -0.15) is 0 Å². The van der Waals surface area contributed by atoms with Gasteiger partial charge < -0.3 is 10.2 Å². The van der Waals surface area contributed by atoms with Crippen molar-refractivity contribution >= 4 is 34.5 Å². The number of piperazine rings is 1. The fraction of sp³-hybridized carbons (Fsp3) is 0.250. The van der Waals surface area contributed by atoms with E-state index in [1.807, 2.05) is 17.5 Å². The molecule has 98 valence electrons. The molecule has 0 spiro atoms. The van der Waals surface area contributed by atoms with Gasteiger partial charge in [-0.3, -0.25) is 9.59 Å². The maximum absolute atomic E-state index is 12.2. The van der Waals surface area contributed by atoms with E-state index < -0.39 is 0 Å². The van der Waals surface area contributed by atoms with Crippen LogP contribution in [-0.4, -0.2) is 41.3 Å². The number of hydrogen-bond acceptors (Lipinski definition) is 5. The van der Waals surface area contributed by atoms with Crippen molar-refractivity contribution in [2.24, 2.45) is 0 Å². The van der Waals surface area contributed by atoms with Crippen LogP contribution in [0.25, 0.3) is 9.88 Å². The SMILES string of the molecule is O=C1CN(C(=O)c2csc(-c3cccs3)n2)CCN1. The molecule has 1 N–H and O–H groups in total. The number of nitrogens with one attached hydrogen (secondary N) is 1. The van der Waals surface area contributed by atoms with Crippen LogP contribution >= 0.6 is 22.7 Å². The maximum Gasteiger partial charge on any atom is 0.273 e. The van der Waals surface area contributed by atoms with Crippen molar-refractivity contribution < 1.29 is 9.59 Å². The lowest BCUT2D eigenvalue weighted by Gasteiger charge is -2.25. The first kappa shape index (κ1) is 12.3. The van der Waals surface area contributed by atoms with Gasteiger partial charge in [-0.25, -0.2) is 4.98 Å². The van der Waals surface area contributed by atoms with Gasteiger partial charge in [0.25, 0.3) is 5.91 Å². The molecule has 5 nitrogen and oxygen atoms in total. The number of thiophene rings is 1. The third-order valence-electron chi connectivity index (χ3n) is 2.78. The molecule has 0 unspecified atom stereocenters. The number of rotatable bonds is 2. The van der Waals surface area contributed by atoms with Gasteiger partial charge in [-0.15, -0.1) is 22.7 Å². The highest BCUT2D eigenvalue weighted by Crippen LogP contribution is 2.28. The summed E-state index contributed by atoms with van der Waals surface area (Å²) >= 11 is 3.05. The Balaban J connectivity index is 1.79. The van der Waals surface area contributed by atoms with Crippen LogP contribution in [0, 0.1) is 0 Å². The Morgan fingerprint density at radius 1 is 1.42 bits per heavy atom. The third-order valence-corrected chi connectivity index (χ3v) is 4.66. The first-order valence-corrected chi connectivity index (χ1v) is 7.55. The molecule has 19 heavy (non-hydrogen) atoms. The lowest BCUT2D eigenvalue weighted by molar-refractivity contribution is -0.123. The van der Waals surface area contributed by atoms with E-state index in [0.717, 1.165) is 9.88 Å². The van der Waals surface area contributed by atoms with E-state index in [4.69, 9.17) is 0 Å². The number of thiazole rings is 1. The minimum atomic E-state index is -0.172. The average molecular weight is 293 g/mol. The summed E-state index contributed by atoms with van der Waals surface area (Å²) in [7, 11) is 0. The number of nitrogens with zero attached hydrogens (tertiary/aromatic N) is 2. The molecule has 1 aliphatic heterocycles. The molecule has 0 radical (unpaired) electrons. The number of amides is 2. The zero-order valence-electron chi connectivity index (χ0n) is 9.96. The second-order valence-corrected chi connectivity index (χ2v) is 5.90. The molecular formula is C12H11N3O2S2. The highest BCUT2D eigenvalue weighted by atomic mass is 32.1. The molecule has 0 atom stereocenters. The molecule has 2 amide bonds. The maximum atomic E-state index is 12.2. The smallest absolute Gasteiger partial charge is 0.273 e. The second-order valence-electron chi connectivity index (χ2n) is 4.09. The quantitative estimate of drug-likeness (QED) is 0.911. The third kappa shape index (κ3) is 2.52. The zero-order valence-corrected chi connectivity index (χ0v) is 11.6. The standard InChI is InChI=1S/C12H11N3O2S2/c16-10-6-15(4-3-13-10)12(17)8-7-19-11(14-8)9-2-1-5-18-9/h1-2,5,7H,3-4,6H2,(H,13,16). The Labute approximate surface area is 117 Å². The molecule has 1 fully saturated rings. The molecule has 0 saturated carbocycles. The Morgan fingerprint density at radius 2 is 2.32 bits per heavy atom. The summed E-state index contributed by atoms with van der Waals surface area (Å²) in [6, 6.07) is 3.93. The zero-order chi connectivity index (χ0) is 13.2. The van der Waals surface area contributed by atoms with Gasteiger partial charge in [0.05, 0.1) is 11.4 Å². The van der Waals surface area contributed by atoms with E-state index in [2.05, 4.69) is 10.3 Å². The van der Waals surface area contributed by atoms with Crippen LogP contribution < -0.4 is 5.32 Å². The molecular weight excluding hydrogens is 282 g/mol. The molecule has 1 saturated heterocycles. The van der Waals surface area contributed by atoms with Crippen molar-refractivity contribution in [3.05, 3.63) is 28.6 Å². The molecule has 7 heteroatoms. The van der Waals surface area contributed by atoms with E-state index in [9.17, 15) is 9.59 Å². The van der Waals surface area contributed by atoms with Gasteiger partial charge in [0.1, 0.15) is 10.7 Å². The molecule has 2 aromatic rings. The van der Waals surface area contributed by atoms with Gasteiger partial charge in [0.2, 0.25) is 5.91 Å². The lowest BCUT2D eigenvalue weighted by atomic mass is 10.3. The molecule has 0 bridgehead atoms. The highest BCUT2D eigenvalue weighted by molar-refractivity contribution is 7.20. The number of carbonyl (C=O) groups excluding carboxylic acids is 2. The van der Waals surface area contributed by atoms with Gasteiger partial charge in [-0.05, 0) is 11.4 Å². The average Bonchev–Trinajstić information content (AvgIpc) is 3.08. The van der Waals surface area contributed by atoms with E-state index in [0.29, 0.717) is 18.8 Å². The lowest BCUT2D eigenvalue weighted by Crippen LogP contribution is -2.50. The van der Waals surface area contributed by atoms with Gasteiger partial charge in [-0.1, -0.05) is 6.07 Å². The Kier molecular flexibility index (Phi) is 3.31. The number of hydrogen-bond donors (Lipinski definition) is 1. The van der Waals surface area contributed by atoms with Crippen LogP contribution in [0.5, 0.6) is 0 Å². The normalized spacial score (nSPS) is 15.4. The molecule has 2 aromatic heterocycles. The Bertz CT molecular complexity index is 606. The predicted octanol–water partition coefficient (Wildman–Crippen LogP) is 1.44. The van der Waals surface area contributed by atoms with Crippen molar-refractivity contribution in [2.75, 3.05) is 19.6 Å². The van der Waals surface area contributed by atoms with Crippen LogP contribution in [0.2, 0.25) is 0 Å². The van der Waals surface area contributed by atoms with Gasteiger partial charge in [0, 0.05) is 18.5 Å². The summed E-state index contributed by atoms with van der Waals surface area (Å²) in [5.41, 5.74) is 0.420. The van der Waals surface area contributed by atoms with Crippen molar-refractivity contribution in [1.29, 1.82) is 0 Å². The van der Waals surface area contributed by atoms with Crippen molar-refractivity contribution in [3.8, 4) is 9.88 Å². The summed E-state index contributed by atoms with van der Waals surface area (Å²) in [5.74, 6) is -0.290. The van der Waals surface area contributed by atoms with Crippen molar-refractivity contribution in [2.45, 2.75) is 0 Å². The van der Waals surface area contributed by atoms with E-state index in [1.54, 1.807) is 16.7 Å². The van der Waals surface area contributed by atoms with Crippen molar-refractivity contribution in [1.82, 2.24) is 15.2 Å². The summed E-state index contributed by atoms with van der Waals surface area (Å²) in [6.07, 6.45) is 0. The molecule has 0 aromatic carbocycles. The van der Waals surface area contributed by atoms with Crippen LogP contribution in [0.15, 0.2) is 22.9 Å². The van der Waals surface area contributed by atoms with Crippen LogP contribution in [0.3, 0.4) is 0 Å². The first-order valence-electron chi connectivity index (χ1n) is 5.79. The predicted molar refractivity (Wildman–Crippen MR) is 74.3 cm³/mol. The molecule has 0 aliphatic carbocycles. The largest absolute Gasteiger partial charge is 0.353 e. The fourth-order valence-corrected chi connectivity index (χ4v) is 3.47. The van der Waals surface area contributed by atoms with Crippen LogP contribution in [0.4, 0.5) is 0 Å². The summed E-state index contributed by atoms with van der Waals surface area (Å²) in [5, 5.41) is 7.28. The number of aromatic nitrogens is 1. The van der Waals surface area contributed by atoms with Crippen molar-refractivity contribution in [3.63, 3.8) is 0 Å². The van der Waals surface area contributed by atoms with E-state index >= 15 is 0 Å². The molecule has 3 rings (SSSR count). The summed E-state index contributed by atoms with van der Waals surface area (Å²) in [6.45, 7) is 1.16. The van der Waals surface area contributed by atoms with E-state index in [1.165, 1.54) is 16.2 Å². The second kappa shape index (κ2) is 5.10. The minimum absolute atomic E-state index is 0.116. The monoisotopic (exact) mass is 293 g/mol. The first-order chi connectivity index (χ1) is 9.24. The topological polar surface area (TPSA) is 62.3 Å². The molecule has 3 heterocycles. The Hall–Kier alpha value is -1.73. The van der Waals surface area contributed by atoms with E-state index in [-0.39, 0.29) is 18.4 Å². The van der Waals surface area contributed by atoms with Gasteiger partial charge >= 0.3 is 0 Å². The fourth-order valence-electron chi connectivity index (χ4n) is 1.86. The van der Waals surface area contributed by atoms with Crippen LogP contribution in [-0.2, 0) is 4.79 Å². The summed E-state index contributed by atoms with van der Waals surface area (Å²) in [4.78, 5) is 30.5. The number of carbonyl (C=O) groups is 2.